The Morgan fingerprint density at radius 3 is 2.88 bits per heavy atom. The van der Waals surface area contributed by atoms with Gasteiger partial charge < -0.3 is 5.32 Å². The van der Waals surface area contributed by atoms with E-state index in [1.54, 1.807) is 11.6 Å². The fourth-order valence-corrected chi connectivity index (χ4v) is 2.29. The highest BCUT2D eigenvalue weighted by atomic mass is 32.1. The summed E-state index contributed by atoms with van der Waals surface area (Å²) in [5.41, 5.74) is 4.31. The third-order valence-corrected chi connectivity index (χ3v) is 3.10. The van der Waals surface area contributed by atoms with E-state index in [0.29, 0.717) is 5.56 Å². The standard InChI is InChI=1S/C12H13FN2S/c1-8-3-4-10(13)9(5-8)12(14-2)11-6-16-7-15-11/h3-7,12,14H,1-2H3. The maximum Gasteiger partial charge on any atom is 0.128 e. The highest BCUT2D eigenvalue weighted by Crippen LogP contribution is 2.24. The number of halogens is 1. The smallest absolute Gasteiger partial charge is 0.128 e. The molecule has 0 aliphatic carbocycles. The van der Waals surface area contributed by atoms with Gasteiger partial charge in [0, 0.05) is 10.9 Å². The first-order valence-electron chi connectivity index (χ1n) is 5.03. The van der Waals surface area contributed by atoms with Gasteiger partial charge in [0.05, 0.1) is 17.2 Å². The van der Waals surface area contributed by atoms with Crippen molar-refractivity contribution < 1.29 is 4.39 Å². The molecule has 2 rings (SSSR count). The molecule has 0 radical (unpaired) electrons. The zero-order valence-electron chi connectivity index (χ0n) is 9.20. The third-order valence-electron chi connectivity index (χ3n) is 2.50. The summed E-state index contributed by atoms with van der Waals surface area (Å²) in [6.07, 6.45) is 0. The lowest BCUT2D eigenvalue weighted by Gasteiger charge is -2.15. The van der Waals surface area contributed by atoms with E-state index in [1.807, 2.05) is 25.4 Å². The molecule has 2 aromatic rings. The van der Waals surface area contributed by atoms with Gasteiger partial charge >= 0.3 is 0 Å². The molecule has 16 heavy (non-hydrogen) atoms. The van der Waals surface area contributed by atoms with Crippen LogP contribution < -0.4 is 5.32 Å². The van der Waals surface area contributed by atoms with Crippen LogP contribution >= 0.6 is 11.3 Å². The van der Waals surface area contributed by atoms with Crippen molar-refractivity contribution in [3.8, 4) is 0 Å². The van der Waals surface area contributed by atoms with Gasteiger partial charge in [0.2, 0.25) is 0 Å². The summed E-state index contributed by atoms with van der Waals surface area (Å²) >= 11 is 1.51. The number of aromatic nitrogens is 1. The molecule has 0 fully saturated rings. The zero-order chi connectivity index (χ0) is 11.5. The first-order valence-corrected chi connectivity index (χ1v) is 5.98. The second-order valence-corrected chi connectivity index (χ2v) is 4.38. The SMILES string of the molecule is CNC(c1cscn1)c1cc(C)ccc1F. The van der Waals surface area contributed by atoms with Crippen LogP contribution in [0.25, 0.3) is 0 Å². The maximum absolute atomic E-state index is 13.7. The lowest BCUT2D eigenvalue weighted by Crippen LogP contribution is -2.19. The molecule has 0 saturated carbocycles. The number of nitrogens with zero attached hydrogens (tertiary/aromatic N) is 1. The van der Waals surface area contributed by atoms with E-state index in [0.717, 1.165) is 11.3 Å². The Morgan fingerprint density at radius 1 is 1.44 bits per heavy atom. The van der Waals surface area contributed by atoms with Gasteiger partial charge in [-0.15, -0.1) is 11.3 Å². The number of aryl methyl sites for hydroxylation is 1. The van der Waals surface area contributed by atoms with Gasteiger partial charge in [-0.05, 0) is 20.0 Å². The Balaban J connectivity index is 2.44. The van der Waals surface area contributed by atoms with Crippen LogP contribution in [-0.2, 0) is 0 Å². The topological polar surface area (TPSA) is 24.9 Å². The van der Waals surface area contributed by atoms with Gasteiger partial charge in [-0.1, -0.05) is 17.7 Å². The molecule has 1 atom stereocenters. The second kappa shape index (κ2) is 4.72. The number of benzene rings is 1. The predicted molar refractivity (Wildman–Crippen MR) is 64.2 cm³/mol. The van der Waals surface area contributed by atoms with E-state index in [2.05, 4.69) is 10.3 Å². The van der Waals surface area contributed by atoms with E-state index in [1.165, 1.54) is 17.4 Å². The molecule has 0 aliphatic rings. The molecule has 84 valence electrons. The molecular formula is C12H13FN2S. The molecule has 1 N–H and O–H groups in total. The largest absolute Gasteiger partial charge is 0.308 e. The average molecular weight is 236 g/mol. The molecule has 1 unspecified atom stereocenters. The van der Waals surface area contributed by atoms with E-state index >= 15 is 0 Å². The van der Waals surface area contributed by atoms with Gasteiger partial charge in [-0.3, -0.25) is 0 Å². The van der Waals surface area contributed by atoms with Crippen molar-refractivity contribution in [1.82, 2.24) is 10.3 Å². The summed E-state index contributed by atoms with van der Waals surface area (Å²) < 4.78 is 13.7. The number of hydrogen-bond acceptors (Lipinski definition) is 3. The molecule has 0 amide bonds. The fourth-order valence-electron chi connectivity index (χ4n) is 1.71. The summed E-state index contributed by atoms with van der Waals surface area (Å²) in [6.45, 7) is 1.96. The Morgan fingerprint density at radius 2 is 2.25 bits per heavy atom. The van der Waals surface area contributed by atoms with Gasteiger partial charge in [0.25, 0.3) is 0 Å². The van der Waals surface area contributed by atoms with Gasteiger partial charge in [-0.2, -0.15) is 0 Å². The zero-order valence-corrected chi connectivity index (χ0v) is 10.0. The van der Waals surface area contributed by atoms with Crippen LogP contribution in [0.15, 0.2) is 29.1 Å². The van der Waals surface area contributed by atoms with E-state index in [9.17, 15) is 4.39 Å². The van der Waals surface area contributed by atoms with Crippen LogP contribution in [0, 0.1) is 12.7 Å². The van der Waals surface area contributed by atoms with Crippen molar-refractivity contribution in [3.05, 3.63) is 51.7 Å². The summed E-state index contributed by atoms with van der Waals surface area (Å²) in [5.74, 6) is -0.196. The molecular weight excluding hydrogens is 223 g/mol. The van der Waals surface area contributed by atoms with Crippen molar-refractivity contribution in [2.75, 3.05) is 7.05 Å². The molecule has 2 nitrogen and oxygen atoms in total. The van der Waals surface area contributed by atoms with Crippen molar-refractivity contribution in [1.29, 1.82) is 0 Å². The number of nitrogens with one attached hydrogen (secondary N) is 1. The number of rotatable bonds is 3. The highest BCUT2D eigenvalue weighted by molar-refractivity contribution is 7.07. The normalized spacial score (nSPS) is 12.7. The van der Waals surface area contributed by atoms with Crippen LogP contribution in [0.3, 0.4) is 0 Å². The predicted octanol–water partition coefficient (Wildman–Crippen LogP) is 2.90. The average Bonchev–Trinajstić information content (AvgIpc) is 2.78. The molecule has 1 heterocycles. The second-order valence-electron chi connectivity index (χ2n) is 3.66. The van der Waals surface area contributed by atoms with Gasteiger partial charge in [-0.25, -0.2) is 9.37 Å². The van der Waals surface area contributed by atoms with E-state index in [-0.39, 0.29) is 11.9 Å². The van der Waals surface area contributed by atoms with Crippen LogP contribution in [0.5, 0.6) is 0 Å². The lowest BCUT2D eigenvalue weighted by atomic mass is 10.0. The fraction of sp³-hybridized carbons (Fsp3) is 0.250. The van der Waals surface area contributed by atoms with Crippen LogP contribution in [0.2, 0.25) is 0 Å². The van der Waals surface area contributed by atoms with Crippen LogP contribution in [0.4, 0.5) is 4.39 Å². The summed E-state index contributed by atoms with van der Waals surface area (Å²) in [5, 5.41) is 5.03. The number of hydrogen-bond donors (Lipinski definition) is 1. The van der Waals surface area contributed by atoms with E-state index < -0.39 is 0 Å². The molecule has 1 aromatic carbocycles. The summed E-state index contributed by atoms with van der Waals surface area (Å²) in [4.78, 5) is 4.22. The minimum Gasteiger partial charge on any atom is -0.308 e. The minimum absolute atomic E-state index is 0.175. The summed E-state index contributed by atoms with van der Waals surface area (Å²) in [7, 11) is 1.81. The maximum atomic E-state index is 13.7. The number of thiazole rings is 1. The van der Waals surface area contributed by atoms with Crippen LogP contribution in [-0.4, -0.2) is 12.0 Å². The Kier molecular flexibility index (Phi) is 3.31. The first-order chi connectivity index (χ1) is 7.72. The molecule has 0 aliphatic heterocycles. The van der Waals surface area contributed by atoms with Gasteiger partial charge in [0.1, 0.15) is 5.82 Å². The van der Waals surface area contributed by atoms with E-state index in [4.69, 9.17) is 0 Å². The quantitative estimate of drug-likeness (QED) is 0.886. The van der Waals surface area contributed by atoms with Crippen LogP contribution in [0.1, 0.15) is 22.9 Å². The first kappa shape index (κ1) is 11.2. The molecule has 4 heteroatoms. The van der Waals surface area contributed by atoms with Gasteiger partial charge in [0.15, 0.2) is 0 Å². The monoisotopic (exact) mass is 236 g/mol. The Bertz CT molecular complexity index is 468. The lowest BCUT2D eigenvalue weighted by molar-refractivity contribution is 0.571. The highest BCUT2D eigenvalue weighted by Gasteiger charge is 2.17. The molecule has 0 saturated heterocycles. The Hall–Kier alpha value is -1.26. The molecule has 0 bridgehead atoms. The van der Waals surface area contributed by atoms with Crippen molar-refractivity contribution in [2.45, 2.75) is 13.0 Å². The molecule has 1 aromatic heterocycles. The minimum atomic E-state index is -0.196. The van der Waals surface area contributed by atoms with Crippen molar-refractivity contribution in [3.63, 3.8) is 0 Å². The Labute approximate surface area is 98.2 Å². The molecule has 0 spiro atoms. The van der Waals surface area contributed by atoms with Crippen molar-refractivity contribution >= 4 is 11.3 Å². The van der Waals surface area contributed by atoms with Crippen molar-refractivity contribution in [2.24, 2.45) is 0 Å². The third kappa shape index (κ3) is 2.13. The summed E-state index contributed by atoms with van der Waals surface area (Å²) in [6, 6.07) is 4.95.